The summed E-state index contributed by atoms with van der Waals surface area (Å²) in [5.41, 5.74) is 1.06. The lowest BCUT2D eigenvalue weighted by molar-refractivity contribution is -0.122. The van der Waals surface area contributed by atoms with E-state index in [-0.39, 0.29) is 19.1 Å². The third-order valence-electron chi connectivity index (χ3n) is 2.60. The van der Waals surface area contributed by atoms with Gasteiger partial charge in [0, 0.05) is 6.54 Å². The molecule has 0 saturated carbocycles. The molecule has 114 valence electrons. The number of amides is 1. The zero-order valence-electron chi connectivity index (χ0n) is 12.3. The molecule has 0 heterocycles. The Kier molecular flexibility index (Phi) is 7.59. The molecule has 0 radical (unpaired) electrons. The van der Waals surface area contributed by atoms with E-state index in [4.69, 9.17) is 21.6 Å². The largest absolute Gasteiger partial charge is 0.482 e. The molecule has 1 aromatic rings. The van der Waals surface area contributed by atoms with Crippen LogP contribution in [-0.4, -0.2) is 25.6 Å². The van der Waals surface area contributed by atoms with E-state index < -0.39 is 0 Å². The summed E-state index contributed by atoms with van der Waals surface area (Å²) in [6.45, 7) is 5.78. The average molecular weight is 310 g/mol. The number of nitrogens with zero attached hydrogens (tertiary/aromatic N) is 1. The van der Waals surface area contributed by atoms with E-state index in [0.717, 1.165) is 18.7 Å². The average Bonchev–Trinajstić information content (AvgIpc) is 2.43. The quantitative estimate of drug-likeness (QED) is 0.721. The maximum atomic E-state index is 11.3. The molecule has 0 fully saturated rings. The van der Waals surface area contributed by atoms with E-state index in [0.29, 0.717) is 16.7 Å². The van der Waals surface area contributed by atoms with Gasteiger partial charge >= 0.3 is 0 Å². The molecule has 0 bridgehead atoms. The summed E-state index contributed by atoms with van der Waals surface area (Å²) in [4.78, 5) is 11.3. The van der Waals surface area contributed by atoms with E-state index in [2.05, 4.69) is 24.5 Å². The van der Waals surface area contributed by atoms with E-state index >= 15 is 0 Å². The first-order valence-corrected chi connectivity index (χ1v) is 7.16. The molecule has 1 amide bonds. The molecule has 1 aromatic carbocycles. The normalized spacial score (nSPS) is 10.2. The minimum Gasteiger partial charge on any atom is -0.482 e. The molecular formula is C15H20ClN3O2. The lowest BCUT2D eigenvalue weighted by Crippen LogP contribution is -2.29. The Bertz CT molecular complexity index is 512. The minimum absolute atomic E-state index is 0.0314. The molecule has 0 aliphatic heterocycles. The number of hydrogen-bond donors (Lipinski definition) is 2. The number of hydrogen-bond acceptors (Lipinski definition) is 4. The molecule has 2 N–H and O–H groups in total. The first-order chi connectivity index (χ1) is 10.0. The molecule has 6 heteroatoms. The summed E-state index contributed by atoms with van der Waals surface area (Å²) in [6, 6.07) is 7.29. The lowest BCUT2D eigenvalue weighted by atomic mass is 10.2. The van der Waals surface area contributed by atoms with Crippen LogP contribution in [0.1, 0.15) is 19.4 Å². The van der Waals surface area contributed by atoms with Gasteiger partial charge < -0.3 is 15.4 Å². The molecule has 0 spiro atoms. The Morgan fingerprint density at radius 2 is 2.24 bits per heavy atom. The number of carbonyl (C=O) groups excluding carboxylic acids is 1. The van der Waals surface area contributed by atoms with Crippen molar-refractivity contribution < 1.29 is 9.53 Å². The van der Waals surface area contributed by atoms with Crippen molar-refractivity contribution in [2.24, 2.45) is 5.92 Å². The van der Waals surface area contributed by atoms with Gasteiger partial charge in [-0.3, -0.25) is 4.79 Å². The van der Waals surface area contributed by atoms with Crippen LogP contribution in [0.2, 0.25) is 5.02 Å². The zero-order chi connectivity index (χ0) is 15.7. The summed E-state index contributed by atoms with van der Waals surface area (Å²) < 4.78 is 5.32. The highest BCUT2D eigenvalue weighted by atomic mass is 35.5. The van der Waals surface area contributed by atoms with E-state index in [1.807, 2.05) is 18.2 Å². The standard InChI is InChI=1S/C15H20ClN3O2/c1-11(2)8-18-9-12-3-4-14(13(16)7-12)21-10-15(20)19-6-5-17/h3-4,7,11,18H,6,8-10H2,1-2H3,(H,19,20). The summed E-state index contributed by atoms with van der Waals surface area (Å²) in [5.74, 6) is 0.696. The minimum atomic E-state index is -0.352. The molecule has 0 aliphatic carbocycles. The topological polar surface area (TPSA) is 74.2 Å². The van der Waals surface area contributed by atoms with Gasteiger partial charge in [0.1, 0.15) is 12.3 Å². The fourth-order valence-corrected chi connectivity index (χ4v) is 1.87. The molecule has 0 saturated heterocycles. The third-order valence-corrected chi connectivity index (χ3v) is 2.90. The molecule has 21 heavy (non-hydrogen) atoms. The fraction of sp³-hybridized carbons (Fsp3) is 0.467. The second-order valence-corrected chi connectivity index (χ2v) is 5.42. The highest BCUT2D eigenvalue weighted by molar-refractivity contribution is 6.32. The molecule has 0 aromatic heterocycles. The van der Waals surface area contributed by atoms with Crippen LogP contribution in [0, 0.1) is 17.2 Å². The van der Waals surface area contributed by atoms with Gasteiger partial charge in [0.05, 0.1) is 11.1 Å². The highest BCUT2D eigenvalue weighted by Crippen LogP contribution is 2.25. The fourth-order valence-electron chi connectivity index (χ4n) is 1.61. The van der Waals surface area contributed by atoms with Crippen LogP contribution in [0.5, 0.6) is 5.75 Å². The van der Waals surface area contributed by atoms with Crippen LogP contribution in [0.4, 0.5) is 0 Å². The monoisotopic (exact) mass is 309 g/mol. The van der Waals surface area contributed by atoms with Crippen LogP contribution in [0.25, 0.3) is 0 Å². The van der Waals surface area contributed by atoms with Gasteiger partial charge in [-0.15, -0.1) is 0 Å². The molecule has 5 nitrogen and oxygen atoms in total. The summed E-state index contributed by atoms with van der Waals surface area (Å²) in [7, 11) is 0. The molecule has 0 aliphatic rings. The van der Waals surface area contributed by atoms with Crippen molar-refractivity contribution in [1.82, 2.24) is 10.6 Å². The summed E-state index contributed by atoms with van der Waals surface area (Å²) in [5, 5.41) is 14.5. The molecule has 0 atom stereocenters. The second kappa shape index (κ2) is 9.22. The molecule has 0 unspecified atom stereocenters. The maximum absolute atomic E-state index is 11.3. The van der Waals surface area contributed by atoms with Crippen molar-refractivity contribution in [3.63, 3.8) is 0 Å². The Balaban J connectivity index is 2.46. The van der Waals surface area contributed by atoms with Crippen LogP contribution < -0.4 is 15.4 Å². The van der Waals surface area contributed by atoms with E-state index in [1.54, 1.807) is 6.07 Å². The first-order valence-electron chi connectivity index (χ1n) is 6.78. The predicted octanol–water partition coefficient (Wildman–Crippen LogP) is 2.10. The van der Waals surface area contributed by atoms with Gasteiger partial charge in [-0.25, -0.2) is 0 Å². The second-order valence-electron chi connectivity index (χ2n) is 5.01. The predicted molar refractivity (Wildman–Crippen MR) is 82.1 cm³/mol. The number of nitriles is 1. The van der Waals surface area contributed by atoms with Gasteiger partial charge in [0.25, 0.3) is 5.91 Å². The molecular weight excluding hydrogens is 290 g/mol. The van der Waals surface area contributed by atoms with Gasteiger partial charge in [-0.05, 0) is 30.2 Å². The number of rotatable bonds is 8. The summed E-state index contributed by atoms with van der Waals surface area (Å²) >= 11 is 6.12. The Morgan fingerprint density at radius 1 is 1.48 bits per heavy atom. The van der Waals surface area contributed by atoms with Crippen LogP contribution in [0.3, 0.4) is 0 Å². The van der Waals surface area contributed by atoms with Gasteiger partial charge in [0.15, 0.2) is 6.61 Å². The van der Waals surface area contributed by atoms with Crippen molar-refractivity contribution in [2.45, 2.75) is 20.4 Å². The number of nitrogens with one attached hydrogen (secondary N) is 2. The van der Waals surface area contributed by atoms with Crippen molar-refractivity contribution in [2.75, 3.05) is 19.7 Å². The Hall–Kier alpha value is -1.77. The Morgan fingerprint density at radius 3 is 2.86 bits per heavy atom. The number of ether oxygens (including phenoxy) is 1. The Labute approximate surface area is 130 Å². The van der Waals surface area contributed by atoms with Crippen LogP contribution in [-0.2, 0) is 11.3 Å². The van der Waals surface area contributed by atoms with E-state index in [9.17, 15) is 4.79 Å². The number of carbonyl (C=O) groups is 1. The van der Waals surface area contributed by atoms with E-state index in [1.165, 1.54) is 0 Å². The third kappa shape index (κ3) is 6.98. The van der Waals surface area contributed by atoms with Crippen LogP contribution in [0.15, 0.2) is 18.2 Å². The maximum Gasteiger partial charge on any atom is 0.258 e. The number of benzene rings is 1. The SMILES string of the molecule is CC(C)CNCc1ccc(OCC(=O)NCC#N)c(Cl)c1. The zero-order valence-corrected chi connectivity index (χ0v) is 13.0. The summed E-state index contributed by atoms with van der Waals surface area (Å²) in [6.07, 6.45) is 0. The molecule has 1 rings (SSSR count). The van der Waals surface area contributed by atoms with Gasteiger partial charge in [-0.1, -0.05) is 31.5 Å². The van der Waals surface area contributed by atoms with Crippen molar-refractivity contribution >= 4 is 17.5 Å². The smallest absolute Gasteiger partial charge is 0.258 e. The van der Waals surface area contributed by atoms with Gasteiger partial charge in [-0.2, -0.15) is 5.26 Å². The number of halogens is 1. The van der Waals surface area contributed by atoms with Crippen molar-refractivity contribution in [1.29, 1.82) is 5.26 Å². The highest BCUT2D eigenvalue weighted by Gasteiger charge is 2.06. The van der Waals surface area contributed by atoms with Crippen molar-refractivity contribution in [3.05, 3.63) is 28.8 Å². The first kappa shape index (κ1) is 17.3. The van der Waals surface area contributed by atoms with Crippen LogP contribution >= 0.6 is 11.6 Å². The van der Waals surface area contributed by atoms with Crippen molar-refractivity contribution in [3.8, 4) is 11.8 Å². The lowest BCUT2D eigenvalue weighted by Gasteiger charge is -2.10. The van der Waals surface area contributed by atoms with Gasteiger partial charge in [0.2, 0.25) is 0 Å².